The van der Waals surface area contributed by atoms with E-state index in [9.17, 15) is 0 Å². The van der Waals surface area contributed by atoms with Gasteiger partial charge >= 0.3 is 0 Å². The second-order valence-corrected chi connectivity index (χ2v) is 3.98. The lowest BCUT2D eigenvalue weighted by atomic mass is 10.3. The molecule has 0 aliphatic heterocycles. The van der Waals surface area contributed by atoms with Crippen LogP contribution in [-0.2, 0) is 0 Å². The second-order valence-electron chi connectivity index (χ2n) is 3.98. The molecule has 0 saturated carbocycles. The Hall–Kier alpha value is -1.75. The van der Waals surface area contributed by atoms with E-state index in [4.69, 9.17) is 10.2 Å². The maximum Gasteiger partial charge on any atom is 0.295 e. The van der Waals surface area contributed by atoms with Crippen LogP contribution < -0.4 is 11.1 Å². The van der Waals surface area contributed by atoms with Crippen LogP contribution in [0.4, 0.5) is 11.7 Å². The Kier molecular flexibility index (Phi) is 2.96. The average molecular weight is 220 g/mol. The van der Waals surface area contributed by atoms with Crippen LogP contribution >= 0.6 is 0 Å². The van der Waals surface area contributed by atoms with E-state index in [-0.39, 0.29) is 0 Å². The van der Waals surface area contributed by atoms with Crippen molar-refractivity contribution < 1.29 is 4.42 Å². The van der Waals surface area contributed by atoms with Crippen molar-refractivity contribution in [3.8, 4) is 0 Å². The molecule has 0 bridgehead atoms. The Morgan fingerprint density at radius 1 is 1.44 bits per heavy atom. The van der Waals surface area contributed by atoms with Crippen LogP contribution in [0.15, 0.2) is 22.6 Å². The van der Waals surface area contributed by atoms with Crippen molar-refractivity contribution in [2.75, 3.05) is 38.2 Å². The zero-order valence-electron chi connectivity index (χ0n) is 9.53. The fourth-order valence-corrected chi connectivity index (χ4v) is 1.41. The molecule has 0 aliphatic carbocycles. The predicted molar refractivity (Wildman–Crippen MR) is 65.5 cm³/mol. The van der Waals surface area contributed by atoms with E-state index >= 15 is 0 Å². The molecule has 5 heteroatoms. The van der Waals surface area contributed by atoms with Crippen LogP contribution in [0.2, 0.25) is 0 Å². The highest BCUT2D eigenvalue weighted by atomic mass is 16.4. The van der Waals surface area contributed by atoms with Gasteiger partial charge in [0.2, 0.25) is 0 Å². The summed E-state index contributed by atoms with van der Waals surface area (Å²) >= 11 is 0. The first-order chi connectivity index (χ1) is 7.65. The summed E-state index contributed by atoms with van der Waals surface area (Å²) in [4.78, 5) is 6.39. The van der Waals surface area contributed by atoms with E-state index < -0.39 is 0 Å². The van der Waals surface area contributed by atoms with Gasteiger partial charge in [-0.25, -0.2) is 0 Å². The number of nitrogen functional groups attached to an aromatic ring is 1. The number of likely N-dealkylation sites (N-methyl/N-ethyl adjacent to an activating group) is 1. The van der Waals surface area contributed by atoms with Gasteiger partial charge in [0.25, 0.3) is 6.01 Å². The number of fused-ring (bicyclic) bond motifs is 1. The van der Waals surface area contributed by atoms with E-state index in [1.165, 1.54) is 0 Å². The first-order valence-corrected chi connectivity index (χ1v) is 5.20. The molecule has 0 unspecified atom stereocenters. The number of oxazole rings is 1. The van der Waals surface area contributed by atoms with Crippen LogP contribution in [0.3, 0.4) is 0 Å². The van der Waals surface area contributed by atoms with Gasteiger partial charge in [-0.3, -0.25) is 0 Å². The summed E-state index contributed by atoms with van der Waals surface area (Å²) in [6, 6.07) is 5.98. The monoisotopic (exact) mass is 220 g/mol. The number of hydrogen-bond donors (Lipinski definition) is 2. The zero-order chi connectivity index (χ0) is 11.5. The van der Waals surface area contributed by atoms with E-state index in [0.717, 1.165) is 24.2 Å². The number of benzene rings is 1. The van der Waals surface area contributed by atoms with E-state index in [1.807, 2.05) is 20.2 Å². The van der Waals surface area contributed by atoms with Gasteiger partial charge in [-0.2, -0.15) is 4.98 Å². The summed E-state index contributed by atoms with van der Waals surface area (Å²) in [6.07, 6.45) is 0. The van der Waals surface area contributed by atoms with E-state index in [1.54, 1.807) is 12.1 Å². The molecule has 0 atom stereocenters. The summed E-state index contributed by atoms with van der Waals surface area (Å²) in [5, 5.41) is 3.12. The van der Waals surface area contributed by atoms with Crippen LogP contribution in [0.5, 0.6) is 0 Å². The Morgan fingerprint density at radius 3 is 3.00 bits per heavy atom. The molecule has 1 aromatic carbocycles. The highest BCUT2D eigenvalue weighted by molar-refractivity contribution is 5.78. The van der Waals surface area contributed by atoms with Crippen molar-refractivity contribution in [3.05, 3.63) is 18.2 Å². The molecule has 5 nitrogen and oxygen atoms in total. The second kappa shape index (κ2) is 4.40. The molecule has 1 heterocycles. The van der Waals surface area contributed by atoms with Crippen LogP contribution in [0.25, 0.3) is 11.1 Å². The molecule has 0 radical (unpaired) electrons. The number of hydrogen-bond acceptors (Lipinski definition) is 5. The van der Waals surface area contributed by atoms with Gasteiger partial charge in [-0.1, -0.05) is 0 Å². The Bertz CT molecular complexity index is 478. The maximum absolute atomic E-state index is 5.66. The number of rotatable bonds is 4. The van der Waals surface area contributed by atoms with Gasteiger partial charge in [0.15, 0.2) is 5.58 Å². The van der Waals surface area contributed by atoms with Crippen molar-refractivity contribution in [3.63, 3.8) is 0 Å². The van der Waals surface area contributed by atoms with Crippen molar-refractivity contribution in [1.82, 2.24) is 9.88 Å². The third kappa shape index (κ3) is 2.43. The van der Waals surface area contributed by atoms with E-state index in [0.29, 0.717) is 11.7 Å². The van der Waals surface area contributed by atoms with Gasteiger partial charge in [-0.05, 0) is 32.3 Å². The SMILES string of the molecule is CN(C)CCNc1nc2cc(N)ccc2o1. The quantitative estimate of drug-likeness (QED) is 0.762. The Balaban J connectivity index is 2.08. The summed E-state index contributed by atoms with van der Waals surface area (Å²) in [6.45, 7) is 1.73. The molecular weight excluding hydrogens is 204 g/mol. The number of nitrogens with zero attached hydrogens (tertiary/aromatic N) is 2. The smallest absolute Gasteiger partial charge is 0.295 e. The minimum atomic E-state index is 0.544. The normalized spacial score (nSPS) is 11.2. The summed E-state index contributed by atoms with van der Waals surface area (Å²) < 4.78 is 5.51. The first kappa shape index (κ1) is 10.8. The maximum atomic E-state index is 5.66. The molecule has 2 rings (SSSR count). The predicted octanol–water partition coefficient (Wildman–Crippen LogP) is 1.38. The average Bonchev–Trinajstić information content (AvgIpc) is 2.58. The van der Waals surface area contributed by atoms with Gasteiger partial charge in [0.05, 0.1) is 0 Å². The standard InChI is InChI=1S/C11H16N4O/c1-15(2)6-5-13-11-14-9-7-8(12)3-4-10(9)16-11/h3-4,7H,5-6,12H2,1-2H3,(H,13,14). The Labute approximate surface area is 94.2 Å². The van der Waals surface area contributed by atoms with Crippen molar-refractivity contribution in [1.29, 1.82) is 0 Å². The molecule has 16 heavy (non-hydrogen) atoms. The first-order valence-electron chi connectivity index (χ1n) is 5.20. The Morgan fingerprint density at radius 2 is 2.25 bits per heavy atom. The number of nitrogens with one attached hydrogen (secondary N) is 1. The fourth-order valence-electron chi connectivity index (χ4n) is 1.41. The molecule has 0 amide bonds. The topological polar surface area (TPSA) is 67.3 Å². The van der Waals surface area contributed by atoms with Crippen LogP contribution in [-0.4, -0.2) is 37.1 Å². The minimum Gasteiger partial charge on any atom is -0.424 e. The van der Waals surface area contributed by atoms with Crippen LogP contribution in [0, 0.1) is 0 Å². The summed E-state index contributed by atoms with van der Waals surface area (Å²) in [5.74, 6) is 0. The molecular formula is C11H16N4O. The molecule has 0 aliphatic rings. The summed E-state index contributed by atoms with van der Waals surface area (Å²) in [7, 11) is 4.04. The zero-order valence-corrected chi connectivity index (χ0v) is 9.53. The number of anilines is 2. The molecule has 0 saturated heterocycles. The minimum absolute atomic E-state index is 0.544. The third-order valence-electron chi connectivity index (χ3n) is 2.25. The molecule has 86 valence electrons. The molecule has 0 spiro atoms. The van der Waals surface area contributed by atoms with Gasteiger partial charge in [0, 0.05) is 18.8 Å². The van der Waals surface area contributed by atoms with Crippen molar-refractivity contribution in [2.45, 2.75) is 0 Å². The molecule has 2 aromatic rings. The lowest BCUT2D eigenvalue weighted by Crippen LogP contribution is -2.20. The summed E-state index contributed by atoms with van der Waals surface area (Å²) in [5.41, 5.74) is 7.90. The number of nitrogens with two attached hydrogens (primary N) is 1. The lowest BCUT2D eigenvalue weighted by molar-refractivity contribution is 0.423. The fraction of sp³-hybridized carbons (Fsp3) is 0.364. The van der Waals surface area contributed by atoms with E-state index in [2.05, 4.69) is 15.2 Å². The molecule has 0 fully saturated rings. The van der Waals surface area contributed by atoms with Gasteiger partial charge in [0.1, 0.15) is 5.52 Å². The van der Waals surface area contributed by atoms with Crippen LogP contribution in [0.1, 0.15) is 0 Å². The molecule has 1 aromatic heterocycles. The molecule has 3 N–H and O–H groups in total. The van der Waals surface area contributed by atoms with Crippen molar-refractivity contribution >= 4 is 22.8 Å². The lowest BCUT2D eigenvalue weighted by Gasteiger charge is -2.08. The highest BCUT2D eigenvalue weighted by Crippen LogP contribution is 2.20. The largest absolute Gasteiger partial charge is 0.424 e. The van der Waals surface area contributed by atoms with Gasteiger partial charge in [-0.15, -0.1) is 0 Å². The van der Waals surface area contributed by atoms with Crippen molar-refractivity contribution in [2.24, 2.45) is 0 Å². The van der Waals surface area contributed by atoms with Gasteiger partial charge < -0.3 is 20.4 Å². The highest BCUT2D eigenvalue weighted by Gasteiger charge is 2.04. The third-order valence-corrected chi connectivity index (χ3v) is 2.25. The number of aromatic nitrogens is 1.